The number of H-pyrrole nitrogens is 1. The molecule has 28 heavy (non-hydrogen) atoms. The van der Waals surface area contributed by atoms with E-state index in [1.165, 1.54) is 30.3 Å². The molecule has 0 aliphatic heterocycles. The normalized spacial score (nSPS) is 12.2. The van der Waals surface area contributed by atoms with Gasteiger partial charge in [0.15, 0.2) is 0 Å². The summed E-state index contributed by atoms with van der Waals surface area (Å²) in [6.07, 6.45) is -0.380. The van der Waals surface area contributed by atoms with Crippen molar-refractivity contribution in [1.82, 2.24) is 20.7 Å². The standard InChI is InChI=1S/C18H15F3N4O3/c1-9(10-2-4-11(5-3-10)28-18(20)21)22-15(26)8-12-13(19)6-7-14-16(12)17(27)24-25-23-14/h2-7,9,18H,8H2,1H3,(H,22,26)(H,23,24,27)/t9-/m0/s1. The molecule has 0 unspecified atom stereocenters. The van der Waals surface area contributed by atoms with Crippen LogP contribution in [0.2, 0.25) is 0 Å². The second-order valence-electron chi connectivity index (χ2n) is 5.97. The average molecular weight is 392 g/mol. The van der Waals surface area contributed by atoms with Gasteiger partial charge in [-0.1, -0.05) is 17.3 Å². The van der Waals surface area contributed by atoms with Gasteiger partial charge >= 0.3 is 6.61 Å². The Balaban J connectivity index is 1.75. The molecular formula is C18H15F3N4O3. The summed E-state index contributed by atoms with van der Waals surface area (Å²) in [5.74, 6) is -1.24. The third-order valence-electron chi connectivity index (χ3n) is 4.09. The Hall–Kier alpha value is -3.43. The van der Waals surface area contributed by atoms with Crippen molar-refractivity contribution in [2.75, 3.05) is 0 Å². The third kappa shape index (κ3) is 4.27. The van der Waals surface area contributed by atoms with Crippen molar-refractivity contribution in [2.45, 2.75) is 26.0 Å². The molecule has 146 valence electrons. The number of rotatable bonds is 6. The van der Waals surface area contributed by atoms with Gasteiger partial charge in [0.05, 0.1) is 17.8 Å². The lowest BCUT2D eigenvalue weighted by atomic mass is 10.0. The van der Waals surface area contributed by atoms with Crippen LogP contribution in [0.5, 0.6) is 5.75 Å². The van der Waals surface area contributed by atoms with E-state index in [0.717, 1.165) is 6.07 Å². The molecule has 0 saturated heterocycles. The number of carbonyl (C=O) groups is 1. The predicted octanol–water partition coefficient (Wildman–Crippen LogP) is 2.48. The van der Waals surface area contributed by atoms with Crippen LogP contribution >= 0.6 is 0 Å². The number of halogens is 3. The van der Waals surface area contributed by atoms with Crippen LogP contribution in [0.25, 0.3) is 10.9 Å². The van der Waals surface area contributed by atoms with E-state index >= 15 is 0 Å². The Morgan fingerprint density at radius 2 is 1.93 bits per heavy atom. The smallest absolute Gasteiger partial charge is 0.387 e. The van der Waals surface area contributed by atoms with Gasteiger partial charge in [0, 0.05) is 5.56 Å². The molecule has 0 aliphatic rings. The number of carbonyl (C=O) groups excluding carboxylic acids is 1. The van der Waals surface area contributed by atoms with Crippen molar-refractivity contribution < 1.29 is 22.7 Å². The van der Waals surface area contributed by atoms with E-state index in [9.17, 15) is 22.8 Å². The lowest BCUT2D eigenvalue weighted by Crippen LogP contribution is -2.29. The summed E-state index contributed by atoms with van der Waals surface area (Å²) in [5, 5.41) is 11.9. The molecule has 3 aromatic rings. The molecule has 0 aliphatic carbocycles. The number of nitrogens with zero attached hydrogens (tertiary/aromatic N) is 2. The van der Waals surface area contributed by atoms with Crippen molar-refractivity contribution in [3.8, 4) is 5.75 Å². The highest BCUT2D eigenvalue weighted by Crippen LogP contribution is 2.20. The third-order valence-corrected chi connectivity index (χ3v) is 4.09. The van der Waals surface area contributed by atoms with Gasteiger partial charge in [-0.15, -0.1) is 5.10 Å². The molecule has 3 rings (SSSR count). The number of hydrogen-bond acceptors (Lipinski definition) is 5. The summed E-state index contributed by atoms with van der Waals surface area (Å²) < 4.78 is 42.9. The molecule has 0 saturated carbocycles. The maximum Gasteiger partial charge on any atom is 0.387 e. The Kier molecular flexibility index (Phi) is 5.57. The van der Waals surface area contributed by atoms with Gasteiger partial charge in [-0.05, 0) is 36.8 Å². The summed E-state index contributed by atoms with van der Waals surface area (Å²) in [7, 11) is 0. The van der Waals surface area contributed by atoms with Crippen molar-refractivity contribution >= 4 is 16.8 Å². The monoisotopic (exact) mass is 392 g/mol. The Bertz CT molecular complexity index is 1050. The van der Waals surface area contributed by atoms with Crippen LogP contribution in [0.3, 0.4) is 0 Å². The molecule has 0 fully saturated rings. The van der Waals surface area contributed by atoms with Crippen molar-refractivity contribution in [3.05, 3.63) is 63.7 Å². The van der Waals surface area contributed by atoms with Crippen LogP contribution < -0.4 is 15.6 Å². The van der Waals surface area contributed by atoms with E-state index in [0.29, 0.717) is 5.56 Å². The number of aromatic nitrogens is 3. The minimum atomic E-state index is -2.92. The maximum absolute atomic E-state index is 14.2. The molecule has 7 nitrogen and oxygen atoms in total. The number of aromatic amines is 1. The van der Waals surface area contributed by atoms with E-state index in [2.05, 4.69) is 25.5 Å². The molecule has 2 aromatic carbocycles. The first-order chi connectivity index (χ1) is 13.3. The number of benzene rings is 2. The first-order valence-corrected chi connectivity index (χ1v) is 8.21. The summed E-state index contributed by atoms with van der Waals surface area (Å²) in [6.45, 7) is -1.25. The zero-order chi connectivity index (χ0) is 20.3. The van der Waals surface area contributed by atoms with Crippen LogP contribution in [-0.2, 0) is 11.2 Å². The van der Waals surface area contributed by atoms with E-state index < -0.39 is 29.9 Å². The minimum absolute atomic E-state index is 0.00422. The molecule has 0 radical (unpaired) electrons. The largest absolute Gasteiger partial charge is 0.435 e. The number of ether oxygens (including phenoxy) is 1. The summed E-state index contributed by atoms with van der Waals surface area (Å²) in [6, 6.07) is 7.70. The molecule has 1 atom stereocenters. The van der Waals surface area contributed by atoms with E-state index in [-0.39, 0.29) is 28.6 Å². The molecule has 0 spiro atoms. The van der Waals surface area contributed by atoms with Gasteiger partial charge in [0.1, 0.15) is 17.1 Å². The minimum Gasteiger partial charge on any atom is -0.435 e. The number of fused-ring (bicyclic) bond motifs is 1. The first kappa shape index (κ1) is 19.3. The highest BCUT2D eigenvalue weighted by atomic mass is 19.3. The quantitative estimate of drug-likeness (QED) is 0.672. The number of alkyl halides is 2. The van der Waals surface area contributed by atoms with Gasteiger partial charge < -0.3 is 10.1 Å². The lowest BCUT2D eigenvalue weighted by Gasteiger charge is -2.15. The number of nitrogens with one attached hydrogen (secondary N) is 2. The fraction of sp³-hybridized carbons (Fsp3) is 0.222. The molecule has 1 amide bonds. The molecule has 1 aromatic heterocycles. The van der Waals surface area contributed by atoms with Crippen molar-refractivity contribution in [2.24, 2.45) is 0 Å². The van der Waals surface area contributed by atoms with Gasteiger partial charge in [0.25, 0.3) is 5.56 Å². The van der Waals surface area contributed by atoms with Gasteiger partial charge in [-0.3, -0.25) is 9.59 Å². The topological polar surface area (TPSA) is 97.0 Å². The first-order valence-electron chi connectivity index (χ1n) is 8.21. The molecule has 2 N–H and O–H groups in total. The summed E-state index contributed by atoms with van der Waals surface area (Å²) in [4.78, 5) is 24.3. The highest BCUT2D eigenvalue weighted by molar-refractivity contribution is 5.87. The SMILES string of the molecule is C[C@H](NC(=O)Cc1c(F)ccc2nn[nH]c(=O)c12)c1ccc(OC(F)F)cc1. The van der Waals surface area contributed by atoms with Crippen LogP contribution in [0, 0.1) is 5.82 Å². The van der Waals surface area contributed by atoms with Crippen LogP contribution in [0.4, 0.5) is 13.2 Å². The van der Waals surface area contributed by atoms with Gasteiger partial charge in [-0.25, -0.2) is 9.49 Å². The van der Waals surface area contributed by atoms with E-state index in [1.807, 2.05) is 0 Å². The number of amides is 1. The predicted molar refractivity (Wildman–Crippen MR) is 93.5 cm³/mol. The van der Waals surface area contributed by atoms with Crippen molar-refractivity contribution in [3.63, 3.8) is 0 Å². The second-order valence-corrected chi connectivity index (χ2v) is 5.97. The average Bonchev–Trinajstić information content (AvgIpc) is 2.64. The van der Waals surface area contributed by atoms with E-state index in [1.54, 1.807) is 6.92 Å². The van der Waals surface area contributed by atoms with Gasteiger partial charge in [0.2, 0.25) is 5.91 Å². The zero-order valence-electron chi connectivity index (χ0n) is 14.6. The zero-order valence-corrected chi connectivity index (χ0v) is 14.6. The Labute approximate surface area is 156 Å². The van der Waals surface area contributed by atoms with Crippen LogP contribution in [-0.4, -0.2) is 27.9 Å². The fourth-order valence-electron chi connectivity index (χ4n) is 2.77. The molecule has 1 heterocycles. The fourth-order valence-corrected chi connectivity index (χ4v) is 2.77. The summed E-state index contributed by atoms with van der Waals surface area (Å²) in [5.41, 5.74) is 0.0849. The highest BCUT2D eigenvalue weighted by Gasteiger charge is 2.17. The van der Waals surface area contributed by atoms with Gasteiger partial charge in [-0.2, -0.15) is 8.78 Å². The Morgan fingerprint density at radius 1 is 1.21 bits per heavy atom. The number of hydrogen-bond donors (Lipinski definition) is 2. The lowest BCUT2D eigenvalue weighted by molar-refractivity contribution is -0.121. The maximum atomic E-state index is 14.2. The van der Waals surface area contributed by atoms with Crippen LogP contribution in [0.1, 0.15) is 24.1 Å². The van der Waals surface area contributed by atoms with Crippen LogP contribution in [0.15, 0.2) is 41.2 Å². The van der Waals surface area contributed by atoms with E-state index in [4.69, 9.17) is 0 Å². The Morgan fingerprint density at radius 3 is 2.61 bits per heavy atom. The van der Waals surface area contributed by atoms with Crippen molar-refractivity contribution in [1.29, 1.82) is 0 Å². The second kappa shape index (κ2) is 8.07. The molecule has 10 heteroatoms. The molecule has 0 bridgehead atoms. The summed E-state index contributed by atoms with van der Waals surface area (Å²) >= 11 is 0. The molecular weight excluding hydrogens is 377 g/mol.